The van der Waals surface area contributed by atoms with Crippen molar-refractivity contribution in [3.8, 4) is 0 Å². The molecule has 19 heavy (non-hydrogen) atoms. The summed E-state index contributed by atoms with van der Waals surface area (Å²) in [6.45, 7) is 3.57. The number of carbonyl (C=O) groups is 3. The van der Waals surface area contributed by atoms with Crippen molar-refractivity contribution in [1.29, 1.82) is 0 Å². The van der Waals surface area contributed by atoms with E-state index in [-0.39, 0.29) is 19.3 Å². The summed E-state index contributed by atoms with van der Waals surface area (Å²) in [5.74, 6) is -2.08. The molecule has 0 aliphatic carbocycles. The highest BCUT2D eigenvalue weighted by atomic mass is 16.5. The Labute approximate surface area is 112 Å². The maximum atomic E-state index is 11.6. The van der Waals surface area contributed by atoms with Gasteiger partial charge in [-0.15, -0.1) is 0 Å². The lowest BCUT2D eigenvalue weighted by molar-refractivity contribution is -0.144. The first-order valence-electron chi connectivity index (χ1n) is 6.03. The summed E-state index contributed by atoms with van der Waals surface area (Å²) < 4.78 is 4.42. The number of rotatable bonds is 8. The van der Waals surface area contributed by atoms with E-state index in [2.05, 4.69) is 10.1 Å². The molecule has 0 rings (SSSR count). The first-order chi connectivity index (χ1) is 8.65. The van der Waals surface area contributed by atoms with E-state index in [1.807, 2.05) is 0 Å². The third-order valence-corrected chi connectivity index (χ3v) is 2.49. The summed E-state index contributed by atoms with van der Waals surface area (Å²) in [5, 5.41) is 11.3. The van der Waals surface area contributed by atoms with E-state index in [9.17, 15) is 14.4 Å². The lowest BCUT2D eigenvalue weighted by atomic mass is 9.99. The monoisotopic (exact) mass is 274 g/mol. The maximum absolute atomic E-state index is 11.6. The second kappa shape index (κ2) is 7.73. The molecule has 0 saturated heterocycles. The van der Waals surface area contributed by atoms with Crippen molar-refractivity contribution in [2.45, 2.75) is 51.1 Å². The molecule has 4 N–H and O–H groups in total. The lowest BCUT2D eigenvalue weighted by Crippen LogP contribution is -2.42. The van der Waals surface area contributed by atoms with Gasteiger partial charge >= 0.3 is 11.9 Å². The number of esters is 1. The van der Waals surface area contributed by atoms with Crippen LogP contribution in [0.1, 0.15) is 39.5 Å². The van der Waals surface area contributed by atoms with Crippen molar-refractivity contribution in [3.05, 3.63) is 0 Å². The van der Waals surface area contributed by atoms with Gasteiger partial charge in [0.25, 0.3) is 0 Å². The number of carbonyl (C=O) groups excluding carboxylic acids is 2. The Morgan fingerprint density at radius 2 is 1.89 bits per heavy atom. The second-order valence-electron chi connectivity index (χ2n) is 5.06. The van der Waals surface area contributed by atoms with Crippen LogP contribution in [0.3, 0.4) is 0 Å². The number of carboxylic acids is 1. The average Bonchev–Trinajstić information content (AvgIpc) is 2.30. The van der Waals surface area contributed by atoms with Crippen LogP contribution in [-0.2, 0) is 19.1 Å². The van der Waals surface area contributed by atoms with Gasteiger partial charge in [-0.2, -0.15) is 0 Å². The second-order valence-corrected chi connectivity index (χ2v) is 5.06. The van der Waals surface area contributed by atoms with Crippen molar-refractivity contribution < 1.29 is 24.2 Å². The molecule has 110 valence electrons. The van der Waals surface area contributed by atoms with E-state index < -0.39 is 29.4 Å². The van der Waals surface area contributed by atoms with Crippen molar-refractivity contribution in [1.82, 2.24) is 5.32 Å². The summed E-state index contributed by atoms with van der Waals surface area (Å²) in [4.78, 5) is 33.5. The van der Waals surface area contributed by atoms with Gasteiger partial charge in [-0.3, -0.25) is 9.59 Å². The molecule has 0 aromatic heterocycles. The van der Waals surface area contributed by atoms with Crippen LogP contribution in [0.4, 0.5) is 0 Å². The smallest absolute Gasteiger partial charge is 0.326 e. The van der Waals surface area contributed by atoms with Crippen LogP contribution in [0.25, 0.3) is 0 Å². The van der Waals surface area contributed by atoms with Gasteiger partial charge in [0.1, 0.15) is 6.04 Å². The van der Waals surface area contributed by atoms with Crippen LogP contribution in [0.5, 0.6) is 0 Å². The first kappa shape index (κ1) is 17.4. The molecule has 7 heteroatoms. The van der Waals surface area contributed by atoms with E-state index in [0.29, 0.717) is 6.42 Å². The number of ether oxygens (including phenoxy) is 1. The highest BCUT2D eigenvalue weighted by Gasteiger charge is 2.22. The van der Waals surface area contributed by atoms with Crippen LogP contribution in [0.2, 0.25) is 0 Å². The molecule has 0 saturated carbocycles. The van der Waals surface area contributed by atoms with Gasteiger partial charge in [-0.25, -0.2) is 4.79 Å². The Balaban J connectivity index is 4.23. The van der Waals surface area contributed by atoms with Gasteiger partial charge in [-0.05, 0) is 26.7 Å². The van der Waals surface area contributed by atoms with Crippen LogP contribution < -0.4 is 11.1 Å². The minimum Gasteiger partial charge on any atom is -0.480 e. The molecule has 0 spiro atoms. The zero-order chi connectivity index (χ0) is 15.1. The number of aliphatic carboxylic acids is 1. The van der Waals surface area contributed by atoms with Gasteiger partial charge in [0, 0.05) is 18.4 Å². The minimum atomic E-state index is -1.18. The summed E-state index contributed by atoms with van der Waals surface area (Å²) in [6.07, 6.45) is 0.531. The molecule has 0 aromatic rings. The molecule has 0 unspecified atom stereocenters. The standard InChI is InChI=1S/C12H22N2O5/c1-12(2,13)7-6-9(15)14-8(11(17)18)4-5-10(16)19-3/h8H,4-7,13H2,1-3H3,(H,14,15)(H,17,18)/t8-/m0/s1. The van der Waals surface area contributed by atoms with Crippen molar-refractivity contribution in [3.63, 3.8) is 0 Å². The third-order valence-electron chi connectivity index (χ3n) is 2.49. The Hall–Kier alpha value is -1.63. The summed E-state index contributed by atoms with van der Waals surface area (Å²) >= 11 is 0. The topological polar surface area (TPSA) is 119 Å². The fraction of sp³-hybridized carbons (Fsp3) is 0.750. The Morgan fingerprint density at radius 3 is 2.32 bits per heavy atom. The fourth-order valence-electron chi connectivity index (χ4n) is 1.32. The normalized spacial score (nSPS) is 12.6. The summed E-state index contributed by atoms with van der Waals surface area (Å²) in [7, 11) is 1.22. The molecule has 0 heterocycles. The highest BCUT2D eigenvalue weighted by molar-refractivity contribution is 5.84. The van der Waals surface area contributed by atoms with Gasteiger partial charge in [-0.1, -0.05) is 0 Å². The first-order valence-corrected chi connectivity index (χ1v) is 6.03. The number of hydrogen-bond acceptors (Lipinski definition) is 5. The third kappa shape index (κ3) is 9.01. The Morgan fingerprint density at radius 1 is 1.32 bits per heavy atom. The van der Waals surface area contributed by atoms with Crippen LogP contribution in [-0.4, -0.2) is 41.6 Å². The number of methoxy groups -OCH3 is 1. The molecule has 0 bridgehead atoms. The quantitative estimate of drug-likeness (QED) is 0.537. The van der Waals surface area contributed by atoms with Gasteiger partial charge in [0.05, 0.1) is 7.11 Å². The predicted octanol–water partition coefficient (Wildman–Crippen LogP) is 0.0265. The van der Waals surface area contributed by atoms with Crippen LogP contribution in [0, 0.1) is 0 Å². The molecule has 0 aliphatic heterocycles. The number of hydrogen-bond donors (Lipinski definition) is 3. The van der Waals surface area contributed by atoms with E-state index in [4.69, 9.17) is 10.8 Å². The summed E-state index contributed by atoms with van der Waals surface area (Å²) in [5.41, 5.74) is 5.25. The van der Waals surface area contributed by atoms with Crippen LogP contribution in [0.15, 0.2) is 0 Å². The van der Waals surface area contributed by atoms with Crippen molar-refractivity contribution >= 4 is 17.8 Å². The van der Waals surface area contributed by atoms with Gasteiger partial charge in [0.2, 0.25) is 5.91 Å². The van der Waals surface area contributed by atoms with E-state index in [0.717, 1.165) is 0 Å². The van der Waals surface area contributed by atoms with Crippen molar-refractivity contribution in [2.24, 2.45) is 5.73 Å². The van der Waals surface area contributed by atoms with E-state index in [1.54, 1.807) is 13.8 Å². The zero-order valence-electron chi connectivity index (χ0n) is 11.6. The molecule has 0 aromatic carbocycles. The lowest BCUT2D eigenvalue weighted by Gasteiger charge is -2.19. The number of amides is 1. The minimum absolute atomic E-state index is 0.000234. The Kier molecular flexibility index (Phi) is 7.06. The molecular weight excluding hydrogens is 252 g/mol. The summed E-state index contributed by atoms with van der Waals surface area (Å²) in [6, 6.07) is -1.09. The van der Waals surface area contributed by atoms with Crippen molar-refractivity contribution in [2.75, 3.05) is 7.11 Å². The molecule has 0 fully saturated rings. The zero-order valence-corrected chi connectivity index (χ0v) is 11.6. The van der Waals surface area contributed by atoms with Gasteiger partial charge in [0.15, 0.2) is 0 Å². The molecule has 1 amide bonds. The highest BCUT2D eigenvalue weighted by Crippen LogP contribution is 2.07. The fourth-order valence-corrected chi connectivity index (χ4v) is 1.32. The van der Waals surface area contributed by atoms with Gasteiger partial charge < -0.3 is 20.9 Å². The molecule has 0 radical (unpaired) electrons. The van der Waals surface area contributed by atoms with E-state index in [1.165, 1.54) is 7.11 Å². The molecule has 7 nitrogen and oxygen atoms in total. The largest absolute Gasteiger partial charge is 0.480 e. The molecule has 1 atom stereocenters. The maximum Gasteiger partial charge on any atom is 0.326 e. The SMILES string of the molecule is COC(=O)CC[C@H](NC(=O)CCC(C)(C)N)C(=O)O. The number of carboxylic acid groups (broad SMARTS) is 1. The molecule has 0 aliphatic rings. The Bertz CT molecular complexity index is 336. The van der Waals surface area contributed by atoms with E-state index >= 15 is 0 Å². The number of nitrogens with two attached hydrogens (primary N) is 1. The average molecular weight is 274 g/mol. The molecular formula is C12H22N2O5. The number of nitrogens with one attached hydrogen (secondary N) is 1. The van der Waals surface area contributed by atoms with Crippen LogP contribution >= 0.6 is 0 Å². The predicted molar refractivity (Wildman–Crippen MR) is 68.3 cm³/mol.